The SMILES string of the molecule is CN=C(NCc1cccc(OCCCOC)c1)N1CCC(OCCCOC)CC1.I. The summed E-state index contributed by atoms with van der Waals surface area (Å²) in [5.74, 6) is 1.83. The molecular weight excluding hydrogens is 497 g/mol. The van der Waals surface area contributed by atoms with Crippen LogP contribution in [0.25, 0.3) is 0 Å². The van der Waals surface area contributed by atoms with Gasteiger partial charge in [-0.3, -0.25) is 4.99 Å². The average molecular weight is 535 g/mol. The van der Waals surface area contributed by atoms with E-state index in [0.29, 0.717) is 19.3 Å². The summed E-state index contributed by atoms with van der Waals surface area (Å²) in [6, 6.07) is 8.19. The van der Waals surface area contributed by atoms with Gasteiger partial charge in [0.25, 0.3) is 0 Å². The molecule has 0 bridgehead atoms. The van der Waals surface area contributed by atoms with Crippen molar-refractivity contribution < 1.29 is 18.9 Å². The molecule has 0 amide bonds. The number of methoxy groups -OCH3 is 2. The fourth-order valence-corrected chi connectivity index (χ4v) is 3.34. The molecule has 1 aliphatic rings. The maximum absolute atomic E-state index is 5.95. The third-order valence-electron chi connectivity index (χ3n) is 4.91. The highest BCUT2D eigenvalue weighted by Crippen LogP contribution is 2.16. The van der Waals surface area contributed by atoms with Gasteiger partial charge in [-0.25, -0.2) is 0 Å². The minimum absolute atomic E-state index is 0. The van der Waals surface area contributed by atoms with E-state index in [1.807, 2.05) is 19.2 Å². The Bertz CT molecular complexity index is 596. The molecule has 1 saturated heterocycles. The molecule has 1 fully saturated rings. The number of nitrogens with zero attached hydrogens (tertiary/aromatic N) is 2. The van der Waals surface area contributed by atoms with Crippen LogP contribution in [-0.2, 0) is 20.8 Å². The number of hydrogen-bond acceptors (Lipinski definition) is 5. The number of ether oxygens (including phenoxy) is 4. The zero-order chi connectivity index (χ0) is 20.7. The van der Waals surface area contributed by atoms with Gasteiger partial charge in [-0.05, 0) is 37.0 Å². The first-order chi connectivity index (χ1) is 14.3. The molecule has 7 nitrogen and oxygen atoms in total. The average Bonchev–Trinajstić information content (AvgIpc) is 2.76. The van der Waals surface area contributed by atoms with Crippen molar-refractivity contribution >= 4 is 29.9 Å². The van der Waals surface area contributed by atoms with Crippen LogP contribution in [0, 0.1) is 0 Å². The van der Waals surface area contributed by atoms with E-state index in [1.165, 1.54) is 5.56 Å². The zero-order valence-electron chi connectivity index (χ0n) is 18.6. The van der Waals surface area contributed by atoms with Gasteiger partial charge in [0.15, 0.2) is 5.96 Å². The van der Waals surface area contributed by atoms with E-state index in [2.05, 4.69) is 27.3 Å². The fraction of sp³-hybridized carbons (Fsp3) is 0.682. The van der Waals surface area contributed by atoms with Crippen molar-refractivity contribution in [2.75, 3.05) is 60.8 Å². The first-order valence-electron chi connectivity index (χ1n) is 10.5. The van der Waals surface area contributed by atoms with Crippen molar-refractivity contribution in [3.05, 3.63) is 29.8 Å². The van der Waals surface area contributed by atoms with Gasteiger partial charge in [-0.2, -0.15) is 0 Å². The van der Waals surface area contributed by atoms with Crippen LogP contribution in [0.4, 0.5) is 0 Å². The quantitative estimate of drug-likeness (QED) is 0.192. The monoisotopic (exact) mass is 535 g/mol. The fourth-order valence-electron chi connectivity index (χ4n) is 3.34. The molecule has 30 heavy (non-hydrogen) atoms. The van der Waals surface area contributed by atoms with E-state index in [4.69, 9.17) is 18.9 Å². The molecule has 2 rings (SSSR count). The highest BCUT2D eigenvalue weighted by molar-refractivity contribution is 14.0. The van der Waals surface area contributed by atoms with E-state index in [1.54, 1.807) is 14.2 Å². The van der Waals surface area contributed by atoms with Crippen LogP contribution < -0.4 is 10.1 Å². The Hall–Kier alpha value is -1.10. The third kappa shape index (κ3) is 10.3. The maximum atomic E-state index is 5.95. The second-order valence-corrected chi connectivity index (χ2v) is 7.15. The molecule has 0 atom stereocenters. The van der Waals surface area contributed by atoms with Gasteiger partial charge in [-0.15, -0.1) is 24.0 Å². The summed E-state index contributed by atoms with van der Waals surface area (Å²) in [6.07, 6.45) is 4.23. The number of aliphatic imine (C=N–C) groups is 1. The Morgan fingerprint density at radius 1 is 1.07 bits per heavy atom. The third-order valence-corrected chi connectivity index (χ3v) is 4.91. The van der Waals surface area contributed by atoms with Gasteiger partial charge in [0.05, 0.1) is 12.7 Å². The lowest BCUT2D eigenvalue weighted by Crippen LogP contribution is -2.46. The molecule has 8 heteroatoms. The molecule has 0 aliphatic carbocycles. The van der Waals surface area contributed by atoms with E-state index < -0.39 is 0 Å². The van der Waals surface area contributed by atoms with Crippen molar-refractivity contribution in [2.24, 2.45) is 4.99 Å². The minimum Gasteiger partial charge on any atom is -0.493 e. The van der Waals surface area contributed by atoms with E-state index in [0.717, 1.165) is 70.2 Å². The summed E-state index contributed by atoms with van der Waals surface area (Å²) in [5, 5.41) is 3.48. The van der Waals surface area contributed by atoms with Gasteiger partial charge >= 0.3 is 0 Å². The molecule has 1 heterocycles. The van der Waals surface area contributed by atoms with Gasteiger partial charge < -0.3 is 29.2 Å². The smallest absolute Gasteiger partial charge is 0.193 e. The topological polar surface area (TPSA) is 64.6 Å². The second-order valence-electron chi connectivity index (χ2n) is 7.15. The minimum atomic E-state index is 0. The highest BCUT2D eigenvalue weighted by atomic mass is 127. The molecule has 172 valence electrons. The van der Waals surface area contributed by atoms with Crippen LogP contribution in [0.3, 0.4) is 0 Å². The van der Waals surface area contributed by atoms with Gasteiger partial charge in [0.1, 0.15) is 5.75 Å². The Kier molecular flexibility index (Phi) is 14.9. The molecule has 0 unspecified atom stereocenters. The van der Waals surface area contributed by atoms with Gasteiger partial charge in [0.2, 0.25) is 0 Å². The second kappa shape index (κ2) is 16.6. The van der Waals surface area contributed by atoms with Crippen LogP contribution in [-0.4, -0.2) is 77.7 Å². The number of halogens is 1. The molecule has 1 aliphatic heterocycles. The van der Waals surface area contributed by atoms with Crippen LogP contribution in [0.15, 0.2) is 29.3 Å². The van der Waals surface area contributed by atoms with Gasteiger partial charge in [0, 0.05) is 67.1 Å². The number of nitrogens with one attached hydrogen (secondary N) is 1. The summed E-state index contributed by atoms with van der Waals surface area (Å²) < 4.78 is 21.9. The maximum Gasteiger partial charge on any atom is 0.193 e. The summed E-state index contributed by atoms with van der Waals surface area (Å²) in [7, 11) is 5.27. The molecule has 1 aromatic carbocycles. The Morgan fingerprint density at radius 3 is 2.43 bits per heavy atom. The first kappa shape index (κ1) is 26.9. The number of guanidine groups is 1. The zero-order valence-corrected chi connectivity index (χ0v) is 20.9. The Balaban J connectivity index is 0.00000450. The van der Waals surface area contributed by atoms with Crippen LogP contribution in [0.2, 0.25) is 0 Å². The standard InChI is InChI=1S/C22H37N3O4.HI/c1-23-22(25-11-9-20(10-12-25)28-15-5-13-26-2)24-18-19-7-4-8-21(17-19)29-16-6-14-27-3;/h4,7-8,17,20H,5-6,9-16,18H2,1-3H3,(H,23,24);1H. The van der Waals surface area contributed by atoms with Gasteiger partial charge in [-0.1, -0.05) is 12.1 Å². The van der Waals surface area contributed by atoms with E-state index >= 15 is 0 Å². The van der Waals surface area contributed by atoms with E-state index in [-0.39, 0.29) is 24.0 Å². The number of likely N-dealkylation sites (tertiary alicyclic amines) is 1. The summed E-state index contributed by atoms with van der Waals surface area (Å²) in [6.45, 7) is 5.54. The molecule has 0 spiro atoms. The molecule has 1 N–H and O–H groups in total. The lowest BCUT2D eigenvalue weighted by atomic mass is 10.1. The molecule has 0 aromatic heterocycles. The summed E-state index contributed by atoms with van der Waals surface area (Å²) in [5.41, 5.74) is 1.17. The molecule has 0 radical (unpaired) electrons. The summed E-state index contributed by atoms with van der Waals surface area (Å²) >= 11 is 0. The summed E-state index contributed by atoms with van der Waals surface area (Å²) in [4.78, 5) is 6.77. The lowest BCUT2D eigenvalue weighted by molar-refractivity contribution is 0.00989. The predicted molar refractivity (Wildman–Crippen MR) is 131 cm³/mol. The number of benzene rings is 1. The highest BCUT2D eigenvalue weighted by Gasteiger charge is 2.21. The van der Waals surface area contributed by atoms with Crippen LogP contribution in [0.5, 0.6) is 5.75 Å². The van der Waals surface area contributed by atoms with Crippen molar-refractivity contribution in [1.29, 1.82) is 0 Å². The molecule has 1 aromatic rings. The predicted octanol–water partition coefficient (Wildman–Crippen LogP) is 3.31. The molecule has 0 saturated carbocycles. The van der Waals surface area contributed by atoms with Crippen molar-refractivity contribution in [3.8, 4) is 5.75 Å². The Labute approximate surface area is 198 Å². The van der Waals surface area contributed by atoms with Crippen molar-refractivity contribution in [1.82, 2.24) is 10.2 Å². The first-order valence-corrected chi connectivity index (χ1v) is 10.5. The Morgan fingerprint density at radius 2 is 1.77 bits per heavy atom. The molecular formula is C22H38IN3O4. The van der Waals surface area contributed by atoms with Crippen LogP contribution in [0.1, 0.15) is 31.2 Å². The number of hydrogen-bond donors (Lipinski definition) is 1. The normalized spacial score (nSPS) is 15.0. The van der Waals surface area contributed by atoms with Crippen molar-refractivity contribution in [3.63, 3.8) is 0 Å². The lowest BCUT2D eigenvalue weighted by Gasteiger charge is -2.34. The largest absolute Gasteiger partial charge is 0.493 e. The van der Waals surface area contributed by atoms with Crippen LogP contribution >= 0.6 is 24.0 Å². The van der Waals surface area contributed by atoms with E-state index in [9.17, 15) is 0 Å². The number of rotatable bonds is 12. The van der Waals surface area contributed by atoms with Crippen molar-refractivity contribution in [2.45, 2.75) is 38.3 Å². The number of piperidine rings is 1.